The summed E-state index contributed by atoms with van der Waals surface area (Å²) in [6.45, 7) is 11.2. The third kappa shape index (κ3) is 2.93. The molecule has 0 aliphatic carbocycles. The van der Waals surface area contributed by atoms with Gasteiger partial charge in [0, 0.05) is 16.1 Å². The Morgan fingerprint density at radius 1 is 1.11 bits per heavy atom. The lowest BCUT2D eigenvalue weighted by Crippen LogP contribution is -2.19. The van der Waals surface area contributed by atoms with Crippen molar-refractivity contribution in [2.45, 2.75) is 40.2 Å². The second kappa shape index (κ2) is 5.85. The monoisotopic (exact) mass is 261 g/mol. The molecule has 1 N–H and O–H groups in total. The molecule has 0 saturated carbocycles. The Balaban J connectivity index is 2.28. The van der Waals surface area contributed by atoms with Crippen molar-refractivity contribution >= 4 is 21.4 Å². The highest BCUT2D eigenvalue weighted by Gasteiger charge is 2.14. The van der Waals surface area contributed by atoms with Crippen LogP contribution in [-0.4, -0.2) is 6.54 Å². The van der Waals surface area contributed by atoms with Gasteiger partial charge in [0.2, 0.25) is 0 Å². The molecule has 0 unspecified atom stereocenters. The van der Waals surface area contributed by atoms with Crippen LogP contribution >= 0.6 is 11.3 Å². The van der Waals surface area contributed by atoms with E-state index in [1.807, 2.05) is 11.3 Å². The molecular weight excluding hydrogens is 238 g/mol. The Morgan fingerprint density at radius 2 is 1.83 bits per heavy atom. The van der Waals surface area contributed by atoms with Crippen LogP contribution in [0.3, 0.4) is 0 Å². The van der Waals surface area contributed by atoms with Gasteiger partial charge in [-0.3, -0.25) is 0 Å². The number of rotatable bonds is 5. The van der Waals surface area contributed by atoms with Gasteiger partial charge in [0.15, 0.2) is 0 Å². The van der Waals surface area contributed by atoms with Gasteiger partial charge < -0.3 is 5.32 Å². The van der Waals surface area contributed by atoms with Gasteiger partial charge in [0.1, 0.15) is 0 Å². The van der Waals surface area contributed by atoms with Crippen molar-refractivity contribution in [3.8, 4) is 0 Å². The first-order chi connectivity index (χ1) is 8.59. The molecule has 2 rings (SSSR count). The first kappa shape index (κ1) is 13.6. The van der Waals surface area contributed by atoms with Gasteiger partial charge in [-0.2, -0.15) is 0 Å². The SMILES string of the molecule is CC(C)CNCc1sc2ccccc2c1C(C)C. The number of fused-ring (bicyclic) bond motifs is 1. The normalized spacial score (nSPS) is 11.9. The third-order valence-electron chi connectivity index (χ3n) is 3.13. The van der Waals surface area contributed by atoms with Crippen molar-refractivity contribution in [1.29, 1.82) is 0 Å². The predicted octanol–water partition coefficient (Wildman–Crippen LogP) is 4.77. The summed E-state index contributed by atoms with van der Waals surface area (Å²) < 4.78 is 1.42. The van der Waals surface area contributed by atoms with Gasteiger partial charge in [-0.05, 0) is 35.4 Å². The van der Waals surface area contributed by atoms with Crippen LogP contribution in [0.25, 0.3) is 10.1 Å². The zero-order chi connectivity index (χ0) is 13.1. The van der Waals surface area contributed by atoms with Gasteiger partial charge in [-0.1, -0.05) is 45.9 Å². The highest BCUT2D eigenvalue weighted by atomic mass is 32.1. The number of hydrogen-bond acceptors (Lipinski definition) is 2. The smallest absolute Gasteiger partial charge is 0.0349 e. The number of thiophene rings is 1. The largest absolute Gasteiger partial charge is 0.312 e. The highest BCUT2D eigenvalue weighted by molar-refractivity contribution is 7.19. The molecule has 0 aliphatic heterocycles. The van der Waals surface area contributed by atoms with Crippen molar-refractivity contribution in [1.82, 2.24) is 5.32 Å². The van der Waals surface area contributed by atoms with Gasteiger partial charge in [-0.15, -0.1) is 11.3 Å². The second-order valence-corrected chi connectivity index (χ2v) is 6.75. The van der Waals surface area contributed by atoms with Crippen molar-refractivity contribution in [3.05, 3.63) is 34.7 Å². The molecule has 0 aliphatic rings. The molecule has 0 bridgehead atoms. The summed E-state index contributed by atoms with van der Waals surface area (Å²) in [6.07, 6.45) is 0. The van der Waals surface area contributed by atoms with E-state index in [0.29, 0.717) is 11.8 Å². The van der Waals surface area contributed by atoms with E-state index < -0.39 is 0 Å². The lowest BCUT2D eigenvalue weighted by atomic mass is 9.99. The Morgan fingerprint density at radius 3 is 2.50 bits per heavy atom. The summed E-state index contributed by atoms with van der Waals surface area (Å²) in [5, 5.41) is 5.01. The van der Waals surface area contributed by atoms with Gasteiger partial charge in [-0.25, -0.2) is 0 Å². The van der Waals surface area contributed by atoms with E-state index in [1.165, 1.54) is 20.5 Å². The van der Waals surface area contributed by atoms with E-state index in [9.17, 15) is 0 Å². The molecule has 0 radical (unpaired) electrons. The topological polar surface area (TPSA) is 12.0 Å². The summed E-state index contributed by atoms with van der Waals surface area (Å²) in [5.41, 5.74) is 1.53. The molecule has 98 valence electrons. The van der Waals surface area contributed by atoms with E-state index in [1.54, 1.807) is 0 Å². The fourth-order valence-electron chi connectivity index (χ4n) is 2.35. The molecule has 1 heterocycles. The molecule has 0 spiro atoms. The minimum Gasteiger partial charge on any atom is -0.312 e. The Labute approximate surface area is 114 Å². The Hall–Kier alpha value is -0.860. The molecular formula is C16H23NS. The Bertz CT molecular complexity index is 511. The standard InChI is InChI=1S/C16H23NS/c1-11(2)9-17-10-15-16(12(3)4)13-7-5-6-8-14(13)18-15/h5-8,11-12,17H,9-10H2,1-4H3. The lowest BCUT2D eigenvalue weighted by molar-refractivity contribution is 0.553. The third-order valence-corrected chi connectivity index (χ3v) is 4.31. The first-order valence-electron chi connectivity index (χ1n) is 6.80. The molecule has 1 nitrogen and oxygen atoms in total. The van der Waals surface area contributed by atoms with Crippen LogP contribution in [0, 0.1) is 5.92 Å². The fourth-order valence-corrected chi connectivity index (χ4v) is 3.68. The average Bonchev–Trinajstić information content (AvgIpc) is 2.66. The zero-order valence-electron chi connectivity index (χ0n) is 11.8. The van der Waals surface area contributed by atoms with Crippen molar-refractivity contribution in [3.63, 3.8) is 0 Å². The molecule has 2 heteroatoms. The van der Waals surface area contributed by atoms with Crippen LogP contribution in [0.5, 0.6) is 0 Å². The fraction of sp³-hybridized carbons (Fsp3) is 0.500. The quantitative estimate of drug-likeness (QED) is 0.817. The summed E-state index contributed by atoms with van der Waals surface area (Å²) in [7, 11) is 0. The van der Waals surface area contributed by atoms with Crippen LogP contribution in [0.15, 0.2) is 24.3 Å². The van der Waals surface area contributed by atoms with Gasteiger partial charge in [0.25, 0.3) is 0 Å². The van der Waals surface area contributed by atoms with Crippen LogP contribution in [-0.2, 0) is 6.54 Å². The minimum atomic E-state index is 0.594. The highest BCUT2D eigenvalue weighted by Crippen LogP contribution is 2.35. The number of benzene rings is 1. The molecule has 0 saturated heterocycles. The second-order valence-electron chi connectivity index (χ2n) is 5.61. The van der Waals surface area contributed by atoms with E-state index in [-0.39, 0.29) is 0 Å². The Kier molecular flexibility index (Phi) is 4.41. The average molecular weight is 261 g/mol. The van der Waals surface area contributed by atoms with Crippen LogP contribution in [0.4, 0.5) is 0 Å². The maximum Gasteiger partial charge on any atom is 0.0349 e. The van der Waals surface area contributed by atoms with Crippen LogP contribution in [0.1, 0.15) is 44.1 Å². The van der Waals surface area contributed by atoms with E-state index in [4.69, 9.17) is 0 Å². The number of hydrogen-bond donors (Lipinski definition) is 1. The molecule has 0 fully saturated rings. The molecule has 18 heavy (non-hydrogen) atoms. The number of nitrogens with one attached hydrogen (secondary N) is 1. The predicted molar refractivity (Wildman–Crippen MR) is 82.5 cm³/mol. The molecule has 0 amide bonds. The minimum absolute atomic E-state index is 0.594. The lowest BCUT2D eigenvalue weighted by Gasteiger charge is -2.10. The molecule has 2 aromatic rings. The summed E-state index contributed by atoms with van der Waals surface area (Å²) in [4.78, 5) is 1.51. The van der Waals surface area contributed by atoms with Crippen molar-refractivity contribution in [2.24, 2.45) is 5.92 Å². The van der Waals surface area contributed by atoms with E-state index in [0.717, 1.165) is 13.1 Å². The van der Waals surface area contributed by atoms with E-state index in [2.05, 4.69) is 57.3 Å². The zero-order valence-corrected chi connectivity index (χ0v) is 12.6. The molecule has 1 aromatic carbocycles. The van der Waals surface area contributed by atoms with Crippen molar-refractivity contribution in [2.75, 3.05) is 6.54 Å². The van der Waals surface area contributed by atoms with Crippen LogP contribution in [0.2, 0.25) is 0 Å². The van der Waals surface area contributed by atoms with Gasteiger partial charge >= 0.3 is 0 Å². The van der Waals surface area contributed by atoms with Crippen LogP contribution < -0.4 is 5.32 Å². The maximum atomic E-state index is 3.57. The first-order valence-corrected chi connectivity index (χ1v) is 7.62. The van der Waals surface area contributed by atoms with Crippen molar-refractivity contribution < 1.29 is 0 Å². The summed E-state index contributed by atoms with van der Waals surface area (Å²) >= 11 is 1.94. The molecule has 0 atom stereocenters. The maximum absolute atomic E-state index is 3.57. The summed E-state index contributed by atoms with van der Waals surface area (Å²) in [6, 6.07) is 8.77. The summed E-state index contributed by atoms with van der Waals surface area (Å²) in [5.74, 6) is 1.30. The molecule has 1 aromatic heterocycles. The van der Waals surface area contributed by atoms with Gasteiger partial charge in [0.05, 0.1) is 0 Å². The van der Waals surface area contributed by atoms with E-state index >= 15 is 0 Å².